The maximum atomic E-state index is 10.8. The van der Waals surface area contributed by atoms with Gasteiger partial charge in [-0.2, -0.15) is 0 Å². The predicted octanol–water partition coefficient (Wildman–Crippen LogP) is 1.56. The van der Waals surface area contributed by atoms with Crippen LogP contribution in [0.5, 0.6) is 5.75 Å². The first-order valence-electron chi connectivity index (χ1n) is 4.60. The van der Waals surface area contributed by atoms with Crippen molar-refractivity contribution in [3.8, 4) is 17.1 Å². The van der Waals surface area contributed by atoms with Crippen molar-refractivity contribution in [2.45, 2.75) is 0 Å². The second-order valence-corrected chi connectivity index (χ2v) is 3.27. The number of carbonyl (C=O) groups excluding carboxylic acids is 1. The van der Waals surface area contributed by atoms with Gasteiger partial charge in [0.05, 0.1) is 0 Å². The van der Waals surface area contributed by atoms with Crippen LogP contribution in [0.1, 0.15) is 20.8 Å². The van der Waals surface area contributed by atoms with Gasteiger partial charge in [0.1, 0.15) is 5.75 Å². The van der Waals surface area contributed by atoms with E-state index >= 15 is 0 Å². The van der Waals surface area contributed by atoms with E-state index in [1.807, 2.05) is 0 Å². The molecule has 0 unspecified atom stereocenters. The first kappa shape index (κ1) is 10.9. The molecule has 0 saturated heterocycles. The van der Waals surface area contributed by atoms with E-state index < -0.39 is 5.97 Å². The lowest BCUT2D eigenvalue weighted by Gasteiger charge is -2.00. The van der Waals surface area contributed by atoms with Gasteiger partial charge in [0.15, 0.2) is 17.7 Å². The summed E-state index contributed by atoms with van der Waals surface area (Å²) < 4.78 is 4.82. The number of aromatic carboxylic acids is 1. The van der Waals surface area contributed by atoms with Crippen molar-refractivity contribution < 1.29 is 24.3 Å². The van der Waals surface area contributed by atoms with Crippen molar-refractivity contribution >= 4 is 12.3 Å². The third kappa shape index (κ3) is 2.00. The molecule has 0 amide bonds. The molecule has 0 aliphatic heterocycles. The number of aldehydes is 1. The van der Waals surface area contributed by atoms with Crippen LogP contribution in [0, 0.1) is 0 Å². The summed E-state index contributed by atoms with van der Waals surface area (Å²) in [6, 6.07) is 5.28. The summed E-state index contributed by atoms with van der Waals surface area (Å²) >= 11 is 0. The van der Waals surface area contributed by atoms with Crippen molar-refractivity contribution in [3.05, 3.63) is 35.5 Å². The van der Waals surface area contributed by atoms with E-state index in [2.05, 4.69) is 5.16 Å². The Morgan fingerprint density at radius 1 is 1.35 bits per heavy atom. The van der Waals surface area contributed by atoms with Crippen LogP contribution in [0.2, 0.25) is 0 Å². The minimum absolute atomic E-state index is 0.0613. The number of aromatic nitrogens is 1. The summed E-state index contributed by atoms with van der Waals surface area (Å²) in [5.74, 6) is -1.12. The number of aromatic hydroxyl groups is 1. The molecular formula is C11H7NO5. The Kier molecular flexibility index (Phi) is 2.61. The number of hydrogen-bond acceptors (Lipinski definition) is 5. The zero-order valence-corrected chi connectivity index (χ0v) is 8.45. The highest BCUT2D eigenvalue weighted by atomic mass is 16.5. The smallest absolute Gasteiger partial charge is 0.358 e. The normalized spacial score (nSPS) is 10.1. The van der Waals surface area contributed by atoms with Gasteiger partial charge >= 0.3 is 5.97 Å². The highest BCUT2D eigenvalue weighted by Gasteiger charge is 2.14. The molecule has 0 aliphatic rings. The Morgan fingerprint density at radius 2 is 2.12 bits per heavy atom. The van der Waals surface area contributed by atoms with Crippen molar-refractivity contribution in [2.75, 3.05) is 0 Å². The molecule has 86 valence electrons. The summed E-state index contributed by atoms with van der Waals surface area (Å²) in [6.07, 6.45) is 0.540. The number of nitrogens with zero attached hydrogens (tertiary/aromatic N) is 1. The number of carbonyl (C=O) groups is 2. The molecule has 0 atom stereocenters. The lowest BCUT2D eigenvalue weighted by Crippen LogP contribution is -1.94. The molecule has 1 aromatic carbocycles. The number of benzene rings is 1. The maximum absolute atomic E-state index is 10.8. The molecular weight excluding hydrogens is 226 g/mol. The quantitative estimate of drug-likeness (QED) is 0.780. The van der Waals surface area contributed by atoms with Gasteiger partial charge in [-0.3, -0.25) is 4.79 Å². The fraction of sp³-hybridized carbons (Fsp3) is 0. The van der Waals surface area contributed by atoms with E-state index in [0.29, 0.717) is 11.8 Å². The zero-order chi connectivity index (χ0) is 12.4. The summed E-state index contributed by atoms with van der Waals surface area (Å²) in [7, 11) is 0. The Balaban J connectivity index is 2.52. The first-order chi connectivity index (χ1) is 8.11. The largest absolute Gasteiger partial charge is 0.508 e. The van der Waals surface area contributed by atoms with Gasteiger partial charge in [-0.25, -0.2) is 4.79 Å². The van der Waals surface area contributed by atoms with Crippen molar-refractivity contribution in [2.24, 2.45) is 0 Å². The van der Waals surface area contributed by atoms with Crippen LogP contribution in [0.4, 0.5) is 0 Å². The van der Waals surface area contributed by atoms with Gasteiger partial charge in [0.25, 0.3) is 0 Å². The molecule has 2 N–H and O–H groups in total. The van der Waals surface area contributed by atoms with Crippen molar-refractivity contribution in [1.29, 1.82) is 0 Å². The van der Waals surface area contributed by atoms with Crippen molar-refractivity contribution in [3.63, 3.8) is 0 Å². The Morgan fingerprint density at radius 3 is 2.71 bits per heavy atom. The van der Waals surface area contributed by atoms with Gasteiger partial charge in [-0.1, -0.05) is 5.16 Å². The molecule has 0 spiro atoms. The Labute approximate surface area is 95.1 Å². The molecule has 1 aromatic heterocycles. The lowest BCUT2D eigenvalue weighted by atomic mass is 10.1. The van der Waals surface area contributed by atoms with Crippen LogP contribution in [0.15, 0.2) is 28.8 Å². The summed E-state index contributed by atoms with van der Waals surface area (Å²) in [5.41, 5.74) is 0.320. The summed E-state index contributed by atoms with van der Waals surface area (Å²) in [6.45, 7) is 0. The van der Waals surface area contributed by atoms with Crippen LogP contribution in [0.3, 0.4) is 0 Å². The third-order valence-corrected chi connectivity index (χ3v) is 2.16. The molecule has 2 aromatic rings. The molecule has 17 heavy (non-hydrogen) atoms. The fourth-order valence-corrected chi connectivity index (χ4v) is 1.37. The minimum atomic E-state index is -1.22. The molecule has 0 aliphatic carbocycles. The van der Waals surface area contributed by atoms with E-state index in [1.165, 1.54) is 24.3 Å². The molecule has 6 heteroatoms. The van der Waals surface area contributed by atoms with E-state index in [1.54, 1.807) is 0 Å². The van der Waals surface area contributed by atoms with Gasteiger partial charge < -0.3 is 14.7 Å². The SMILES string of the molecule is O=Cc1cc(O)ccc1-c1cc(C(=O)O)no1. The predicted molar refractivity (Wildman–Crippen MR) is 56.0 cm³/mol. The zero-order valence-electron chi connectivity index (χ0n) is 8.45. The second kappa shape index (κ2) is 4.09. The van der Waals surface area contributed by atoms with Gasteiger partial charge in [0.2, 0.25) is 0 Å². The lowest BCUT2D eigenvalue weighted by molar-refractivity contribution is 0.0685. The van der Waals surface area contributed by atoms with Gasteiger partial charge in [0, 0.05) is 17.2 Å². The van der Waals surface area contributed by atoms with Crippen LogP contribution in [-0.2, 0) is 0 Å². The maximum Gasteiger partial charge on any atom is 0.358 e. The Hall–Kier alpha value is -2.63. The second-order valence-electron chi connectivity index (χ2n) is 3.27. The molecule has 0 saturated carbocycles. The Bertz CT molecular complexity index is 587. The van der Waals surface area contributed by atoms with Crippen LogP contribution in [0.25, 0.3) is 11.3 Å². The first-order valence-corrected chi connectivity index (χ1v) is 4.60. The monoisotopic (exact) mass is 233 g/mol. The fourth-order valence-electron chi connectivity index (χ4n) is 1.37. The number of phenolic OH excluding ortho intramolecular Hbond substituents is 1. The number of hydrogen-bond donors (Lipinski definition) is 2. The van der Waals surface area contributed by atoms with Crippen LogP contribution >= 0.6 is 0 Å². The van der Waals surface area contributed by atoms with Gasteiger partial charge in [-0.15, -0.1) is 0 Å². The average Bonchev–Trinajstić information content (AvgIpc) is 2.78. The highest BCUT2D eigenvalue weighted by molar-refractivity contribution is 5.90. The van der Waals surface area contributed by atoms with Crippen LogP contribution < -0.4 is 0 Å². The molecule has 0 bridgehead atoms. The van der Waals surface area contributed by atoms with E-state index in [-0.39, 0.29) is 22.8 Å². The molecule has 1 heterocycles. The van der Waals surface area contributed by atoms with E-state index in [0.717, 1.165) is 0 Å². The van der Waals surface area contributed by atoms with E-state index in [4.69, 9.17) is 9.63 Å². The highest BCUT2D eigenvalue weighted by Crippen LogP contribution is 2.26. The van der Waals surface area contributed by atoms with Gasteiger partial charge in [-0.05, 0) is 18.2 Å². The standard InChI is InChI=1S/C11H7NO5/c13-5-6-3-7(14)1-2-8(6)10-4-9(11(15)16)12-17-10/h1-5,14H,(H,15,16). The topological polar surface area (TPSA) is 101 Å². The van der Waals surface area contributed by atoms with E-state index in [9.17, 15) is 14.7 Å². The number of rotatable bonds is 3. The summed E-state index contributed by atoms with van der Waals surface area (Å²) in [4.78, 5) is 21.4. The average molecular weight is 233 g/mol. The molecule has 6 nitrogen and oxygen atoms in total. The third-order valence-electron chi connectivity index (χ3n) is 2.16. The molecule has 0 radical (unpaired) electrons. The molecule has 0 fully saturated rings. The van der Waals surface area contributed by atoms with Crippen LogP contribution in [-0.4, -0.2) is 27.6 Å². The summed E-state index contributed by atoms with van der Waals surface area (Å²) in [5, 5.41) is 21.2. The molecule has 2 rings (SSSR count). The van der Waals surface area contributed by atoms with Crippen molar-refractivity contribution in [1.82, 2.24) is 5.16 Å². The number of carboxylic acids is 1. The number of phenols is 1. The number of carboxylic acid groups (broad SMARTS) is 1. The minimum Gasteiger partial charge on any atom is -0.508 e.